The van der Waals surface area contributed by atoms with Crippen LogP contribution in [0.5, 0.6) is 11.5 Å². The highest BCUT2D eigenvalue weighted by Crippen LogP contribution is 2.52. The number of benzene rings is 1. The van der Waals surface area contributed by atoms with Gasteiger partial charge in [-0.3, -0.25) is 9.59 Å². The summed E-state index contributed by atoms with van der Waals surface area (Å²) in [6.07, 6.45) is 2.24. The molecule has 0 radical (unpaired) electrons. The van der Waals surface area contributed by atoms with Gasteiger partial charge in [0.05, 0.1) is 13.2 Å². The Labute approximate surface area is 157 Å². The van der Waals surface area contributed by atoms with Gasteiger partial charge in [-0.05, 0) is 31.7 Å². The molecule has 0 bridgehead atoms. The van der Waals surface area contributed by atoms with Crippen molar-refractivity contribution in [2.75, 3.05) is 26.8 Å². The summed E-state index contributed by atoms with van der Waals surface area (Å²) in [5.41, 5.74) is -0.346. The lowest BCUT2D eigenvalue weighted by molar-refractivity contribution is -0.152. The minimum Gasteiger partial charge on any atom is -0.493 e. The van der Waals surface area contributed by atoms with Gasteiger partial charge in [0, 0.05) is 30.5 Å². The second-order valence-electron chi connectivity index (χ2n) is 7.91. The van der Waals surface area contributed by atoms with E-state index in [0.717, 1.165) is 5.56 Å². The molecule has 2 N–H and O–H groups in total. The number of aliphatic carboxylic acids is 1. The molecule has 3 aliphatic rings. The molecule has 7 heteroatoms. The Morgan fingerprint density at radius 2 is 2.00 bits per heavy atom. The largest absolute Gasteiger partial charge is 0.493 e. The van der Waals surface area contributed by atoms with Crippen molar-refractivity contribution in [2.24, 2.45) is 11.3 Å². The van der Waals surface area contributed by atoms with E-state index < -0.39 is 11.4 Å². The summed E-state index contributed by atoms with van der Waals surface area (Å²) in [5.74, 6) is -0.233. The average molecular weight is 375 g/mol. The van der Waals surface area contributed by atoms with Gasteiger partial charge in [0.1, 0.15) is 12.0 Å². The zero-order valence-corrected chi connectivity index (χ0v) is 15.4. The van der Waals surface area contributed by atoms with Crippen LogP contribution in [-0.2, 0) is 9.59 Å². The summed E-state index contributed by atoms with van der Waals surface area (Å²) in [7, 11) is 1.56. The number of carboxylic acid groups (broad SMARTS) is 1. The van der Waals surface area contributed by atoms with Crippen LogP contribution >= 0.6 is 0 Å². The van der Waals surface area contributed by atoms with Gasteiger partial charge in [0.25, 0.3) is 0 Å². The lowest BCUT2D eigenvalue weighted by Crippen LogP contribution is -2.46. The fourth-order valence-electron chi connectivity index (χ4n) is 4.80. The average Bonchev–Trinajstić information content (AvgIpc) is 3.09. The molecule has 2 atom stereocenters. The number of nitrogens with zero attached hydrogens (tertiary/aromatic N) is 1. The number of rotatable bonds is 3. The normalized spacial score (nSPS) is 32.2. The van der Waals surface area contributed by atoms with E-state index in [9.17, 15) is 19.8 Å². The molecule has 7 nitrogen and oxygen atoms in total. The maximum absolute atomic E-state index is 13.0. The van der Waals surface area contributed by atoms with Gasteiger partial charge < -0.3 is 24.6 Å². The third-order valence-corrected chi connectivity index (χ3v) is 6.41. The number of para-hydroxylation sites is 1. The number of hydrogen-bond donors (Lipinski definition) is 2. The Morgan fingerprint density at radius 1 is 1.26 bits per heavy atom. The Hall–Kier alpha value is -2.28. The predicted octanol–water partition coefficient (Wildman–Crippen LogP) is 1.64. The molecule has 0 unspecified atom stereocenters. The number of ether oxygens (including phenoxy) is 2. The Balaban J connectivity index is 1.63. The minimum absolute atomic E-state index is 0.00127. The smallest absolute Gasteiger partial charge is 0.315 e. The van der Waals surface area contributed by atoms with Gasteiger partial charge in [-0.1, -0.05) is 12.1 Å². The van der Waals surface area contributed by atoms with Gasteiger partial charge >= 0.3 is 5.97 Å². The van der Waals surface area contributed by atoms with Crippen LogP contribution < -0.4 is 9.47 Å². The summed E-state index contributed by atoms with van der Waals surface area (Å²) < 4.78 is 11.2. The molecule has 1 saturated carbocycles. The molecule has 0 aromatic heterocycles. The van der Waals surface area contributed by atoms with Crippen LogP contribution in [-0.4, -0.2) is 59.9 Å². The first-order valence-corrected chi connectivity index (χ1v) is 9.46. The quantitative estimate of drug-likeness (QED) is 0.834. The number of fused-ring (bicyclic) bond motifs is 3. The van der Waals surface area contributed by atoms with Gasteiger partial charge in [-0.25, -0.2) is 0 Å². The number of carboxylic acids is 1. The molecular weight excluding hydrogens is 350 g/mol. The zero-order chi connectivity index (χ0) is 19.2. The van der Waals surface area contributed by atoms with Crippen molar-refractivity contribution in [2.45, 2.75) is 37.7 Å². The van der Waals surface area contributed by atoms with Crippen molar-refractivity contribution in [3.63, 3.8) is 0 Å². The highest BCUT2D eigenvalue weighted by atomic mass is 16.5. The number of aliphatic hydroxyl groups excluding tert-OH is 1. The molecule has 1 saturated heterocycles. The van der Waals surface area contributed by atoms with E-state index in [1.807, 2.05) is 12.1 Å². The van der Waals surface area contributed by atoms with Gasteiger partial charge in [0.15, 0.2) is 11.5 Å². The maximum atomic E-state index is 13.0. The molecule has 2 heterocycles. The topological polar surface area (TPSA) is 96.3 Å². The van der Waals surface area contributed by atoms with Crippen molar-refractivity contribution in [1.29, 1.82) is 0 Å². The number of aliphatic hydroxyl groups is 1. The fraction of sp³-hybridized carbons (Fsp3) is 0.600. The number of hydrogen-bond acceptors (Lipinski definition) is 5. The van der Waals surface area contributed by atoms with Crippen molar-refractivity contribution < 1.29 is 29.3 Å². The van der Waals surface area contributed by atoms with Crippen molar-refractivity contribution >= 4 is 11.9 Å². The van der Waals surface area contributed by atoms with Crippen LogP contribution in [0.1, 0.15) is 37.2 Å². The fourth-order valence-corrected chi connectivity index (χ4v) is 4.80. The van der Waals surface area contributed by atoms with E-state index in [1.165, 1.54) is 0 Å². The number of amides is 1. The molecule has 1 aromatic rings. The van der Waals surface area contributed by atoms with Crippen molar-refractivity contribution in [1.82, 2.24) is 4.90 Å². The summed E-state index contributed by atoms with van der Waals surface area (Å²) >= 11 is 0. The summed E-state index contributed by atoms with van der Waals surface area (Å²) in [5, 5.41) is 19.7. The number of methoxy groups -OCH3 is 1. The first-order valence-electron chi connectivity index (χ1n) is 9.46. The van der Waals surface area contributed by atoms with Gasteiger partial charge in [-0.15, -0.1) is 0 Å². The molecule has 4 rings (SSSR count). The monoisotopic (exact) mass is 375 g/mol. The third-order valence-electron chi connectivity index (χ3n) is 6.41. The highest BCUT2D eigenvalue weighted by Gasteiger charge is 2.58. The number of carbonyl (C=O) groups is 2. The molecule has 0 spiro atoms. The standard InChI is InChI=1S/C20H25NO6/c1-26-16-4-2-3-14-15-9-21(18(23)12-5-7-13(22)8-6-12)10-20(15,19(24)25)11-27-17(14)16/h2-4,12-13,15,22H,5-11H2,1H3,(H,24,25)/t12?,13?,15-,20-/m1/s1. The first-order chi connectivity index (χ1) is 13.0. The van der Waals surface area contributed by atoms with E-state index in [4.69, 9.17) is 9.47 Å². The van der Waals surface area contributed by atoms with E-state index in [-0.39, 0.29) is 37.0 Å². The number of carbonyl (C=O) groups excluding carboxylic acids is 1. The Bertz CT molecular complexity index is 757. The highest BCUT2D eigenvalue weighted by molar-refractivity contribution is 5.84. The van der Waals surface area contributed by atoms with E-state index in [1.54, 1.807) is 18.1 Å². The molecule has 27 heavy (non-hydrogen) atoms. The summed E-state index contributed by atoms with van der Waals surface area (Å²) in [4.78, 5) is 27.0. The summed E-state index contributed by atoms with van der Waals surface area (Å²) in [6.45, 7) is 0.544. The SMILES string of the molecule is COc1cccc2c1OC[C@]1(C(=O)O)CN(C(=O)C3CCC(O)CC3)C[C@H]21. The van der Waals surface area contributed by atoms with Crippen LogP contribution in [0.3, 0.4) is 0 Å². The van der Waals surface area contributed by atoms with E-state index in [2.05, 4.69) is 0 Å². The second kappa shape index (κ2) is 6.71. The Kier molecular flexibility index (Phi) is 4.50. The molecule has 1 aliphatic carbocycles. The van der Waals surface area contributed by atoms with Crippen LogP contribution in [0.2, 0.25) is 0 Å². The third kappa shape index (κ3) is 2.84. The van der Waals surface area contributed by atoms with Crippen LogP contribution in [0, 0.1) is 11.3 Å². The lowest BCUT2D eigenvalue weighted by Gasteiger charge is -2.36. The molecular formula is C20H25NO6. The zero-order valence-electron chi connectivity index (χ0n) is 15.4. The second-order valence-corrected chi connectivity index (χ2v) is 7.91. The number of likely N-dealkylation sites (tertiary alicyclic amines) is 1. The summed E-state index contributed by atoms with van der Waals surface area (Å²) in [6, 6.07) is 5.48. The molecule has 1 aromatic carbocycles. The van der Waals surface area contributed by atoms with Gasteiger partial charge in [-0.2, -0.15) is 0 Å². The predicted molar refractivity (Wildman–Crippen MR) is 95.8 cm³/mol. The lowest BCUT2D eigenvalue weighted by atomic mass is 9.73. The maximum Gasteiger partial charge on any atom is 0.315 e. The van der Waals surface area contributed by atoms with Crippen molar-refractivity contribution in [3.8, 4) is 11.5 Å². The molecule has 2 fully saturated rings. The first kappa shape index (κ1) is 18.1. The van der Waals surface area contributed by atoms with Gasteiger partial charge in [0.2, 0.25) is 5.91 Å². The van der Waals surface area contributed by atoms with Crippen LogP contribution in [0.4, 0.5) is 0 Å². The molecule has 146 valence electrons. The van der Waals surface area contributed by atoms with Crippen molar-refractivity contribution in [3.05, 3.63) is 23.8 Å². The van der Waals surface area contributed by atoms with Crippen LogP contribution in [0.15, 0.2) is 18.2 Å². The van der Waals surface area contributed by atoms with E-state index in [0.29, 0.717) is 43.7 Å². The Morgan fingerprint density at radius 3 is 2.67 bits per heavy atom. The minimum atomic E-state index is -1.14. The molecule has 2 aliphatic heterocycles. The van der Waals surface area contributed by atoms with E-state index >= 15 is 0 Å². The molecule has 1 amide bonds. The van der Waals surface area contributed by atoms with Crippen LogP contribution in [0.25, 0.3) is 0 Å².